The van der Waals surface area contributed by atoms with Gasteiger partial charge in [-0.15, -0.1) is 12.6 Å². The third-order valence-electron chi connectivity index (χ3n) is 5.05. The normalized spacial score (nSPS) is 36.2. The van der Waals surface area contributed by atoms with E-state index in [1.54, 1.807) is 6.07 Å². The summed E-state index contributed by atoms with van der Waals surface area (Å²) in [5.74, 6) is 0.762. The molecule has 4 rings (SSSR count). The second kappa shape index (κ2) is 3.85. The van der Waals surface area contributed by atoms with E-state index >= 15 is 0 Å². The van der Waals surface area contributed by atoms with Gasteiger partial charge in [0.05, 0.1) is 17.5 Å². The predicted molar refractivity (Wildman–Crippen MR) is 74.0 cm³/mol. The maximum absolute atomic E-state index is 12.6. The van der Waals surface area contributed by atoms with Gasteiger partial charge in [-0.3, -0.25) is 9.59 Å². The lowest BCUT2D eigenvalue weighted by atomic mass is 9.81. The maximum Gasteiger partial charge on any atom is 0.238 e. The van der Waals surface area contributed by atoms with Crippen LogP contribution in [0.1, 0.15) is 19.3 Å². The zero-order chi connectivity index (χ0) is 13.1. The quantitative estimate of drug-likeness (QED) is 0.630. The minimum Gasteiger partial charge on any atom is -0.274 e. The standard InChI is InChI=1S/C15H15NO2S/c17-14-12-8-5-6-9(7-8)13(12)15(18)16(14)10-3-1-2-4-11(10)19/h1-4,8-9,12-13,19H,5-7H2/t8-,9+,12-,13-/m0/s1. The van der Waals surface area contributed by atoms with Gasteiger partial charge in [-0.25, -0.2) is 4.90 Å². The minimum atomic E-state index is -0.0563. The molecular formula is C15H15NO2S. The second-order valence-corrected chi connectivity index (χ2v) is 6.37. The molecule has 2 saturated carbocycles. The van der Waals surface area contributed by atoms with E-state index in [0.29, 0.717) is 22.4 Å². The number of carbonyl (C=O) groups is 2. The van der Waals surface area contributed by atoms with Crippen molar-refractivity contribution in [2.45, 2.75) is 24.2 Å². The molecule has 98 valence electrons. The van der Waals surface area contributed by atoms with Crippen molar-refractivity contribution in [2.75, 3.05) is 4.90 Å². The molecule has 1 heterocycles. The predicted octanol–water partition coefficient (Wildman–Crippen LogP) is 2.51. The lowest BCUT2D eigenvalue weighted by Gasteiger charge is -2.19. The lowest BCUT2D eigenvalue weighted by Crippen LogP contribution is -2.33. The molecule has 2 bridgehead atoms. The van der Waals surface area contributed by atoms with Gasteiger partial charge in [0.15, 0.2) is 0 Å². The van der Waals surface area contributed by atoms with Gasteiger partial charge in [-0.1, -0.05) is 12.1 Å². The molecule has 3 fully saturated rings. The van der Waals surface area contributed by atoms with E-state index in [1.807, 2.05) is 18.2 Å². The van der Waals surface area contributed by atoms with Gasteiger partial charge < -0.3 is 0 Å². The van der Waals surface area contributed by atoms with Crippen molar-refractivity contribution in [1.82, 2.24) is 0 Å². The molecular weight excluding hydrogens is 258 g/mol. The van der Waals surface area contributed by atoms with Crippen LogP contribution in [-0.4, -0.2) is 11.8 Å². The number of fused-ring (bicyclic) bond motifs is 5. The summed E-state index contributed by atoms with van der Waals surface area (Å²) < 4.78 is 0. The summed E-state index contributed by atoms with van der Waals surface area (Å²) in [4.78, 5) is 27.3. The first-order valence-electron chi connectivity index (χ1n) is 6.84. The van der Waals surface area contributed by atoms with Gasteiger partial charge in [0.25, 0.3) is 0 Å². The SMILES string of the molecule is O=C1[C@H]2[C@@H]3CC[C@@H](C3)[C@@H]2C(=O)N1c1ccccc1S. The summed E-state index contributed by atoms with van der Waals surface area (Å²) in [5, 5.41) is 0. The first-order chi connectivity index (χ1) is 9.18. The molecule has 3 aliphatic rings. The molecule has 1 aliphatic heterocycles. The average molecular weight is 273 g/mol. The first kappa shape index (κ1) is 11.5. The summed E-state index contributed by atoms with van der Waals surface area (Å²) in [7, 11) is 0. The number of hydrogen-bond acceptors (Lipinski definition) is 3. The number of amides is 2. The molecule has 0 unspecified atom stereocenters. The zero-order valence-electron chi connectivity index (χ0n) is 10.5. The van der Waals surface area contributed by atoms with Crippen LogP contribution in [0.3, 0.4) is 0 Å². The molecule has 1 aromatic carbocycles. The summed E-state index contributed by atoms with van der Waals surface area (Å²) >= 11 is 4.38. The van der Waals surface area contributed by atoms with Gasteiger partial charge in [0.1, 0.15) is 0 Å². The van der Waals surface area contributed by atoms with Crippen LogP contribution in [0.4, 0.5) is 5.69 Å². The summed E-state index contributed by atoms with van der Waals surface area (Å²) in [6.45, 7) is 0. The number of nitrogens with zero attached hydrogens (tertiary/aromatic N) is 1. The number of hydrogen-bond donors (Lipinski definition) is 1. The molecule has 19 heavy (non-hydrogen) atoms. The van der Waals surface area contributed by atoms with Crippen LogP contribution in [0.2, 0.25) is 0 Å². The Morgan fingerprint density at radius 1 is 1.00 bits per heavy atom. The van der Waals surface area contributed by atoms with Gasteiger partial charge in [0.2, 0.25) is 11.8 Å². The third-order valence-corrected chi connectivity index (χ3v) is 5.43. The number of para-hydroxylation sites is 1. The molecule has 0 aromatic heterocycles. The second-order valence-electron chi connectivity index (χ2n) is 5.89. The van der Waals surface area contributed by atoms with Crippen molar-refractivity contribution in [2.24, 2.45) is 23.7 Å². The van der Waals surface area contributed by atoms with E-state index in [1.165, 1.54) is 4.90 Å². The van der Waals surface area contributed by atoms with E-state index in [-0.39, 0.29) is 23.7 Å². The van der Waals surface area contributed by atoms with E-state index in [0.717, 1.165) is 19.3 Å². The van der Waals surface area contributed by atoms with Crippen molar-refractivity contribution in [3.63, 3.8) is 0 Å². The fourth-order valence-corrected chi connectivity index (χ4v) is 4.56. The monoisotopic (exact) mass is 273 g/mol. The van der Waals surface area contributed by atoms with Crippen molar-refractivity contribution < 1.29 is 9.59 Å². The molecule has 0 radical (unpaired) electrons. The highest BCUT2D eigenvalue weighted by Crippen LogP contribution is 2.56. The Balaban J connectivity index is 1.78. The summed E-state index contributed by atoms with van der Waals surface area (Å²) in [6.07, 6.45) is 3.30. The Morgan fingerprint density at radius 3 is 2.16 bits per heavy atom. The van der Waals surface area contributed by atoms with Crippen molar-refractivity contribution in [1.29, 1.82) is 0 Å². The minimum absolute atomic E-state index is 0.00343. The highest BCUT2D eigenvalue weighted by atomic mass is 32.1. The van der Waals surface area contributed by atoms with Crippen LogP contribution in [0, 0.1) is 23.7 Å². The maximum atomic E-state index is 12.6. The Morgan fingerprint density at radius 2 is 1.58 bits per heavy atom. The molecule has 1 saturated heterocycles. The van der Waals surface area contributed by atoms with Gasteiger partial charge in [0, 0.05) is 4.90 Å². The van der Waals surface area contributed by atoms with Gasteiger partial charge in [-0.05, 0) is 43.2 Å². The molecule has 4 heteroatoms. The van der Waals surface area contributed by atoms with Crippen LogP contribution >= 0.6 is 12.6 Å². The van der Waals surface area contributed by atoms with E-state index in [9.17, 15) is 9.59 Å². The van der Waals surface area contributed by atoms with E-state index in [2.05, 4.69) is 12.6 Å². The van der Waals surface area contributed by atoms with Gasteiger partial charge in [-0.2, -0.15) is 0 Å². The number of thiol groups is 1. The summed E-state index contributed by atoms with van der Waals surface area (Å²) in [6, 6.07) is 7.34. The zero-order valence-corrected chi connectivity index (χ0v) is 11.3. The highest BCUT2D eigenvalue weighted by Gasteiger charge is 2.61. The van der Waals surface area contributed by atoms with Crippen molar-refractivity contribution >= 4 is 30.1 Å². The fourth-order valence-electron chi connectivity index (χ4n) is 4.30. The molecule has 0 spiro atoms. The Hall–Kier alpha value is -1.29. The molecule has 0 N–H and O–H groups in total. The highest BCUT2D eigenvalue weighted by molar-refractivity contribution is 7.80. The van der Waals surface area contributed by atoms with Crippen LogP contribution < -0.4 is 4.90 Å². The smallest absolute Gasteiger partial charge is 0.238 e. The van der Waals surface area contributed by atoms with Crippen LogP contribution in [0.5, 0.6) is 0 Å². The van der Waals surface area contributed by atoms with E-state index in [4.69, 9.17) is 0 Å². The first-order valence-corrected chi connectivity index (χ1v) is 7.29. The average Bonchev–Trinajstić information content (AvgIpc) is 3.06. The topological polar surface area (TPSA) is 37.4 Å². The molecule has 2 aliphatic carbocycles. The van der Waals surface area contributed by atoms with Crippen LogP contribution in [-0.2, 0) is 9.59 Å². The Labute approximate surface area is 117 Å². The molecule has 4 atom stereocenters. The molecule has 2 amide bonds. The number of anilines is 1. The van der Waals surface area contributed by atoms with Crippen molar-refractivity contribution in [3.05, 3.63) is 24.3 Å². The fraction of sp³-hybridized carbons (Fsp3) is 0.467. The van der Waals surface area contributed by atoms with Crippen LogP contribution in [0.15, 0.2) is 29.2 Å². The molecule has 1 aromatic rings. The Bertz CT molecular complexity index is 557. The number of carbonyl (C=O) groups excluding carboxylic acids is 2. The largest absolute Gasteiger partial charge is 0.274 e. The number of imide groups is 1. The number of rotatable bonds is 1. The Kier molecular flexibility index (Phi) is 2.34. The van der Waals surface area contributed by atoms with Gasteiger partial charge >= 0.3 is 0 Å². The van der Waals surface area contributed by atoms with Crippen LogP contribution in [0.25, 0.3) is 0 Å². The summed E-state index contributed by atoms with van der Waals surface area (Å²) in [5.41, 5.74) is 0.648. The number of benzene rings is 1. The van der Waals surface area contributed by atoms with E-state index < -0.39 is 0 Å². The third kappa shape index (κ3) is 1.41. The van der Waals surface area contributed by atoms with Crippen molar-refractivity contribution in [3.8, 4) is 0 Å². The molecule has 3 nitrogen and oxygen atoms in total. The lowest BCUT2D eigenvalue weighted by molar-refractivity contribution is -0.123.